The molecule has 0 aliphatic heterocycles. The number of unbranched alkanes of at least 4 members (excludes halogenated alkanes) is 1. The molecule has 0 saturated carbocycles. The molecule has 0 fully saturated rings. The van der Waals surface area contributed by atoms with E-state index in [2.05, 4.69) is 33.9 Å². The molecule has 4 heteroatoms. The molecule has 0 saturated heterocycles. The van der Waals surface area contributed by atoms with Crippen LogP contribution in [-0.2, 0) is 0 Å². The fourth-order valence-electron chi connectivity index (χ4n) is 1.63. The average molecular weight is 311 g/mol. The highest BCUT2D eigenvalue weighted by molar-refractivity contribution is 9.10. The van der Waals surface area contributed by atoms with E-state index in [0.29, 0.717) is 0 Å². The number of anilines is 1. The largest absolute Gasteiger partial charge is 0.398 e. The van der Waals surface area contributed by atoms with Crippen molar-refractivity contribution in [3.63, 3.8) is 0 Å². The molecule has 1 aromatic heterocycles. The highest BCUT2D eigenvalue weighted by Crippen LogP contribution is 2.31. The summed E-state index contributed by atoms with van der Waals surface area (Å²) in [6.07, 6.45) is 4.28. The van der Waals surface area contributed by atoms with Crippen LogP contribution in [0.1, 0.15) is 19.8 Å². The van der Waals surface area contributed by atoms with Crippen molar-refractivity contribution >= 4 is 44.3 Å². The predicted octanol–water partition coefficient (Wildman–Crippen LogP) is 4.47. The highest BCUT2D eigenvalue weighted by Gasteiger charge is 2.06. The van der Waals surface area contributed by atoms with E-state index in [1.807, 2.05) is 30.1 Å². The van der Waals surface area contributed by atoms with E-state index < -0.39 is 0 Å². The van der Waals surface area contributed by atoms with Gasteiger partial charge >= 0.3 is 0 Å². The van der Waals surface area contributed by atoms with Gasteiger partial charge in [-0.25, -0.2) is 0 Å². The van der Waals surface area contributed by atoms with Crippen LogP contribution in [-0.4, -0.2) is 10.7 Å². The van der Waals surface area contributed by atoms with Gasteiger partial charge in [0.2, 0.25) is 0 Å². The zero-order chi connectivity index (χ0) is 12.3. The first-order valence-electron chi connectivity index (χ1n) is 5.69. The van der Waals surface area contributed by atoms with Gasteiger partial charge in [-0.1, -0.05) is 13.3 Å². The number of halogens is 1. The summed E-state index contributed by atoms with van der Waals surface area (Å²) >= 11 is 5.29. The number of rotatable bonds is 4. The Morgan fingerprint density at radius 3 is 3.00 bits per heavy atom. The van der Waals surface area contributed by atoms with Crippen molar-refractivity contribution in [2.45, 2.75) is 24.7 Å². The van der Waals surface area contributed by atoms with Crippen molar-refractivity contribution in [3.05, 3.63) is 28.9 Å². The van der Waals surface area contributed by atoms with Crippen LogP contribution in [0, 0.1) is 0 Å². The number of thioether (sulfide) groups is 1. The van der Waals surface area contributed by atoms with Gasteiger partial charge in [-0.3, -0.25) is 4.98 Å². The van der Waals surface area contributed by atoms with Crippen LogP contribution < -0.4 is 5.73 Å². The van der Waals surface area contributed by atoms with Crippen LogP contribution in [0.4, 0.5) is 5.69 Å². The lowest BCUT2D eigenvalue weighted by Crippen LogP contribution is -1.91. The van der Waals surface area contributed by atoms with Crippen LogP contribution in [0.2, 0.25) is 0 Å². The average Bonchev–Trinajstić information content (AvgIpc) is 2.33. The van der Waals surface area contributed by atoms with Gasteiger partial charge in [0.15, 0.2) is 0 Å². The lowest BCUT2D eigenvalue weighted by Gasteiger charge is -2.07. The van der Waals surface area contributed by atoms with E-state index in [1.54, 1.807) is 0 Å². The van der Waals surface area contributed by atoms with Crippen molar-refractivity contribution in [3.8, 4) is 0 Å². The summed E-state index contributed by atoms with van der Waals surface area (Å²) in [5.74, 6) is 1.13. The minimum Gasteiger partial charge on any atom is -0.398 e. The zero-order valence-electron chi connectivity index (χ0n) is 9.74. The first-order chi connectivity index (χ1) is 8.22. The monoisotopic (exact) mass is 310 g/mol. The number of pyridine rings is 1. The van der Waals surface area contributed by atoms with E-state index in [-0.39, 0.29) is 0 Å². The predicted molar refractivity (Wildman–Crippen MR) is 79.5 cm³/mol. The second-order valence-electron chi connectivity index (χ2n) is 3.90. The Morgan fingerprint density at radius 2 is 2.24 bits per heavy atom. The van der Waals surface area contributed by atoms with Gasteiger partial charge in [-0.2, -0.15) is 0 Å². The summed E-state index contributed by atoms with van der Waals surface area (Å²) in [5, 5.41) is 1.03. The number of nitrogens with zero attached hydrogens (tertiary/aromatic N) is 1. The second-order valence-corrected chi connectivity index (χ2v) is 5.96. The standard InChI is InChI=1S/C13H15BrN2S/c1-2-3-6-17-12-5-4-11(15)10-7-9(14)8-16-13(10)12/h4-5,7-8H,2-3,6,15H2,1H3. The second kappa shape index (κ2) is 5.74. The maximum atomic E-state index is 5.98. The molecular weight excluding hydrogens is 296 g/mol. The van der Waals surface area contributed by atoms with Crippen LogP contribution >= 0.6 is 27.7 Å². The van der Waals surface area contributed by atoms with Crippen LogP contribution in [0.15, 0.2) is 33.8 Å². The highest BCUT2D eigenvalue weighted by atomic mass is 79.9. The van der Waals surface area contributed by atoms with E-state index in [1.165, 1.54) is 17.7 Å². The molecule has 0 atom stereocenters. The molecule has 90 valence electrons. The maximum absolute atomic E-state index is 5.98. The molecule has 0 spiro atoms. The van der Waals surface area contributed by atoms with Gasteiger partial charge in [0.1, 0.15) is 0 Å². The molecule has 1 heterocycles. The molecule has 17 heavy (non-hydrogen) atoms. The number of nitrogens with two attached hydrogens (primary N) is 1. The summed E-state index contributed by atoms with van der Waals surface area (Å²) in [6, 6.07) is 6.06. The lowest BCUT2D eigenvalue weighted by atomic mass is 10.2. The first-order valence-corrected chi connectivity index (χ1v) is 7.46. The third-order valence-corrected chi connectivity index (χ3v) is 4.14. The summed E-state index contributed by atoms with van der Waals surface area (Å²) in [4.78, 5) is 5.69. The minimum atomic E-state index is 0.786. The van der Waals surface area contributed by atoms with Crippen LogP contribution in [0.25, 0.3) is 10.9 Å². The topological polar surface area (TPSA) is 38.9 Å². The van der Waals surface area contributed by atoms with Gasteiger partial charge in [0, 0.05) is 26.6 Å². The summed E-state index contributed by atoms with van der Waals surface area (Å²) in [5.41, 5.74) is 7.77. The van der Waals surface area contributed by atoms with Gasteiger partial charge in [0.25, 0.3) is 0 Å². The molecule has 2 nitrogen and oxygen atoms in total. The number of hydrogen-bond acceptors (Lipinski definition) is 3. The Bertz CT molecular complexity index is 528. The van der Waals surface area contributed by atoms with E-state index in [9.17, 15) is 0 Å². The molecular formula is C13H15BrN2S. The van der Waals surface area contributed by atoms with Gasteiger partial charge in [-0.05, 0) is 46.3 Å². The molecule has 1 aromatic carbocycles. The number of hydrogen-bond donors (Lipinski definition) is 1. The molecule has 0 radical (unpaired) electrons. The molecule has 2 rings (SSSR count). The van der Waals surface area contributed by atoms with E-state index in [4.69, 9.17) is 5.73 Å². The number of fused-ring (bicyclic) bond motifs is 1. The van der Waals surface area contributed by atoms with Crippen molar-refractivity contribution in [1.82, 2.24) is 4.98 Å². The normalized spacial score (nSPS) is 10.9. The Balaban J connectivity index is 2.40. The van der Waals surface area contributed by atoms with Crippen LogP contribution in [0.3, 0.4) is 0 Å². The first kappa shape index (κ1) is 12.7. The van der Waals surface area contributed by atoms with Crippen molar-refractivity contribution in [1.29, 1.82) is 0 Å². The SMILES string of the molecule is CCCCSc1ccc(N)c2cc(Br)cnc12. The zero-order valence-corrected chi connectivity index (χ0v) is 12.1. The van der Waals surface area contributed by atoms with Crippen LogP contribution in [0.5, 0.6) is 0 Å². The number of benzene rings is 1. The van der Waals surface area contributed by atoms with Crippen molar-refractivity contribution < 1.29 is 0 Å². The lowest BCUT2D eigenvalue weighted by molar-refractivity contribution is 0.896. The van der Waals surface area contributed by atoms with E-state index in [0.717, 1.165) is 26.8 Å². The quantitative estimate of drug-likeness (QED) is 0.514. The smallest absolute Gasteiger partial charge is 0.0859 e. The van der Waals surface area contributed by atoms with Gasteiger partial charge < -0.3 is 5.73 Å². The fraction of sp³-hybridized carbons (Fsp3) is 0.308. The third-order valence-electron chi connectivity index (χ3n) is 2.57. The molecule has 2 N–H and O–H groups in total. The third kappa shape index (κ3) is 2.93. The van der Waals surface area contributed by atoms with Gasteiger partial charge in [-0.15, -0.1) is 11.8 Å². The molecule has 0 bridgehead atoms. The Kier molecular flexibility index (Phi) is 4.29. The van der Waals surface area contributed by atoms with Gasteiger partial charge in [0.05, 0.1) is 5.52 Å². The van der Waals surface area contributed by atoms with Crippen molar-refractivity contribution in [2.75, 3.05) is 11.5 Å². The number of aromatic nitrogens is 1. The molecule has 0 amide bonds. The number of nitrogen functional groups attached to an aromatic ring is 1. The summed E-state index contributed by atoms with van der Waals surface area (Å²) < 4.78 is 0.965. The maximum Gasteiger partial charge on any atom is 0.0859 e. The Hall–Kier alpha value is -0.740. The molecule has 0 aliphatic carbocycles. The molecule has 0 unspecified atom stereocenters. The summed E-state index contributed by atoms with van der Waals surface area (Å²) in [7, 11) is 0. The fourth-order valence-corrected chi connectivity index (χ4v) is 3.08. The molecule has 2 aromatic rings. The molecule has 0 aliphatic rings. The summed E-state index contributed by atoms with van der Waals surface area (Å²) in [6.45, 7) is 2.21. The minimum absolute atomic E-state index is 0.786. The Labute approximate surface area is 114 Å². The van der Waals surface area contributed by atoms with Crippen molar-refractivity contribution in [2.24, 2.45) is 0 Å². The van der Waals surface area contributed by atoms with E-state index >= 15 is 0 Å². The Morgan fingerprint density at radius 1 is 1.41 bits per heavy atom.